The van der Waals surface area contributed by atoms with Crippen LogP contribution >= 0.6 is 0 Å². The molecule has 8 heteroatoms. The number of carbonyl (C=O) groups excluding carboxylic acids is 3. The van der Waals surface area contributed by atoms with E-state index in [1.807, 2.05) is 45.0 Å². The molecule has 34 heavy (non-hydrogen) atoms. The van der Waals surface area contributed by atoms with Gasteiger partial charge in [0.25, 0.3) is 5.91 Å². The molecule has 0 fully saturated rings. The number of aryl methyl sites for hydroxylation is 3. The third-order valence-corrected chi connectivity index (χ3v) is 4.88. The van der Waals surface area contributed by atoms with Crippen molar-refractivity contribution in [1.82, 2.24) is 5.43 Å². The predicted molar refractivity (Wildman–Crippen MR) is 132 cm³/mol. The van der Waals surface area contributed by atoms with Crippen LogP contribution in [-0.2, 0) is 14.4 Å². The Kier molecular flexibility index (Phi) is 8.12. The van der Waals surface area contributed by atoms with Gasteiger partial charge in [0.15, 0.2) is 6.61 Å². The molecule has 0 unspecified atom stereocenters. The van der Waals surface area contributed by atoms with Gasteiger partial charge in [0.2, 0.25) is 0 Å². The van der Waals surface area contributed by atoms with E-state index in [-0.39, 0.29) is 12.5 Å². The van der Waals surface area contributed by atoms with Crippen molar-refractivity contribution in [2.45, 2.75) is 20.8 Å². The van der Waals surface area contributed by atoms with Gasteiger partial charge in [-0.05, 0) is 61.7 Å². The molecule has 0 radical (unpaired) electrons. The molecular weight excluding hydrogens is 432 g/mol. The molecule has 3 amide bonds. The molecule has 174 valence electrons. The molecule has 0 aliphatic carbocycles. The summed E-state index contributed by atoms with van der Waals surface area (Å²) in [5.74, 6) is -1.65. The minimum atomic E-state index is -0.913. The SMILES string of the molecule is Cc1cccc(NC(=O)C(=O)N/N=C\c2ccccc2OCC(=O)Nc2c(C)cccc2C)c1. The van der Waals surface area contributed by atoms with E-state index in [9.17, 15) is 14.4 Å². The van der Waals surface area contributed by atoms with Gasteiger partial charge < -0.3 is 15.4 Å². The first-order chi connectivity index (χ1) is 16.3. The molecule has 0 saturated carbocycles. The number of hydrogen-bond donors (Lipinski definition) is 3. The first-order valence-electron chi connectivity index (χ1n) is 10.6. The second-order valence-corrected chi connectivity index (χ2v) is 7.66. The molecule has 0 heterocycles. The number of benzene rings is 3. The summed E-state index contributed by atoms with van der Waals surface area (Å²) in [5.41, 5.74) is 6.87. The number of ether oxygens (including phenoxy) is 1. The second-order valence-electron chi connectivity index (χ2n) is 7.66. The smallest absolute Gasteiger partial charge is 0.329 e. The van der Waals surface area contributed by atoms with E-state index in [2.05, 4.69) is 21.2 Å². The number of nitrogens with zero attached hydrogens (tertiary/aromatic N) is 1. The van der Waals surface area contributed by atoms with Crippen LogP contribution in [0.15, 0.2) is 71.8 Å². The molecule has 8 nitrogen and oxygen atoms in total. The summed E-state index contributed by atoms with van der Waals surface area (Å²) in [7, 11) is 0. The van der Waals surface area contributed by atoms with E-state index in [1.54, 1.807) is 42.5 Å². The highest BCUT2D eigenvalue weighted by atomic mass is 16.5. The Morgan fingerprint density at radius 3 is 2.29 bits per heavy atom. The normalized spacial score (nSPS) is 10.6. The van der Waals surface area contributed by atoms with Crippen LogP contribution in [0.4, 0.5) is 11.4 Å². The van der Waals surface area contributed by atoms with Crippen LogP contribution in [0.5, 0.6) is 5.75 Å². The highest BCUT2D eigenvalue weighted by molar-refractivity contribution is 6.39. The lowest BCUT2D eigenvalue weighted by atomic mass is 10.1. The zero-order chi connectivity index (χ0) is 24.5. The summed E-state index contributed by atoms with van der Waals surface area (Å²) >= 11 is 0. The summed E-state index contributed by atoms with van der Waals surface area (Å²) in [5, 5.41) is 9.21. The summed E-state index contributed by atoms with van der Waals surface area (Å²) in [6.45, 7) is 5.52. The van der Waals surface area contributed by atoms with Crippen molar-refractivity contribution < 1.29 is 19.1 Å². The van der Waals surface area contributed by atoms with Crippen molar-refractivity contribution in [3.05, 3.63) is 89.0 Å². The van der Waals surface area contributed by atoms with Crippen LogP contribution in [0.3, 0.4) is 0 Å². The van der Waals surface area contributed by atoms with Crippen molar-refractivity contribution >= 4 is 35.3 Å². The van der Waals surface area contributed by atoms with Crippen LogP contribution in [-0.4, -0.2) is 30.5 Å². The molecule has 3 rings (SSSR count). The molecule has 3 aromatic rings. The number of carbonyl (C=O) groups is 3. The lowest BCUT2D eigenvalue weighted by molar-refractivity contribution is -0.136. The molecule has 0 spiro atoms. The van der Waals surface area contributed by atoms with Gasteiger partial charge in [0.05, 0.1) is 6.21 Å². The topological polar surface area (TPSA) is 109 Å². The zero-order valence-electron chi connectivity index (χ0n) is 19.2. The number of hydrogen-bond acceptors (Lipinski definition) is 5. The third-order valence-electron chi connectivity index (χ3n) is 4.88. The summed E-state index contributed by atoms with van der Waals surface area (Å²) in [6, 6.07) is 19.8. The molecule has 0 bridgehead atoms. The molecule has 0 aliphatic rings. The maximum atomic E-state index is 12.4. The first kappa shape index (κ1) is 24.2. The number of rotatable bonds is 7. The van der Waals surface area contributed by atoms with Crippen LogP contribution in [0.25, 0.3) is 0 Å². The monoisotopic (exact) mass is 458 g/mol. The molecule has 0 atom stereocenters. The minimum absolute atomic E-state index is 0.204. The minimum Gasteiger partial charge on any atom is -0.483 e. The van der Waals surface area contributed by atoms with Gasteiger partial charge >= 0.3 is 11.8 Å². The fraction of sp³-hybridized carbons (Fsp3) is 0.154. The fourth-order valence-corrected chi connectivity index (χ4v) is 3.17. The Hall–Kier alpha value is -4.46. The van der Waals surface area contributed by atoms with E-state index in [0.717, 1.165) is 22.4 Å². The van der Waals surface area contributed by atoms with Crippen molar-refractivity contribution in [3.8, 4) is 5.75 Å². The van der Waals surface area contributed by atoms with Gasteiger partial charge in [-0.1, -0.05) is 42.5 Å². The van der Waals surface area contributed by atoms with Gasteiger partial charge in [-0.25, -0.2) is 5.43 Å². The van der Waals surface area contributed by atoms with Gasteiger partial charge in [-0.15, -0.1) is 0 Å². The second kappa shape index (κ2) is 11.4. The maximum Gasteiger partial charge on any atom is 0.329 e. The Labute approximate surface area is 198 Å². The zero-order valence-corrected chi connectivity index (χ0v) is 19.2. The van der Waals surface area contributed by atoms with E-state index in [4.69, 9.17) is 4.74 Å². The van der Waals surface area contributed by atoms with E-state index in [0.29, 0.717) is 17.0 Å². The number of para-hydroxylation sites is 2. The predicted octanol–water partition coefficient (Wildman–Crippen LogP) is 3.72. The van der Waals surface area contributed by atoms with E-state index < -0.39 is 11.8 Å². The molecule has 3 aromatic carbocycles. The molecule has 0 aliphatic heterocycles. The Morgan fingerprint density at radius 2 is 1.56 bits per heavy atom. The van der Waals surface area contributed by atoms with E-state index >= 15 is 0 Å². The summed E-state index contributed by atoms with van der Waals surface area (Å²) in [6.07, 6.45) is 1.34. The van der Waals surface area contributed by atoms with E-state index in [1.165, 1.54) is 6.21 Å². The first-order valence-corrected chi connectivity index (χ1v) is 10.6. The van der Waals surface area contributed by atoms with Gasteiger partial charge in [0, 0.05) is 16.9 Å². The van der Waals surface area contributed by atoms with Crippen molar-refractivity contribution in [2.75, 3.05) is 17.2 Å². The summed E-state index contributed by atoms with van der Waals surface area (Å²) in [4.78, 5) is 36.5. The van der Waals surface area contributed by atoms with Crippen LogP contribution in [0, 0.1) is 20.8 Å². The number of amides is 3. The quantitative estimate of drug-likeness (QED) is 0.285. The molecular formula is C26H26N4O4. The average Bonchev–Trinajstić information content (AvgIpc) is 2.81. The Morgan fingerprint density at radius 1 is 0.853 bits per heavy atom. The molecule has 0 saturated heterocycles. The number of nitrogens with one attached hydrogen (secondary N) is 3. The highest BCUT2D eigenvalue weighted by Gasteiger charge is 2.13. The standard InChI is InChI=1S/C26H26N4O4/c1-17-8-6-12-21(14-17)28-25(32)26(33)30-27-15-20-11-4-5-13-22(20)34-16-23(31)29-24-18(2)9-7-10-19(24)3/h4-15H,16H2,1-3H3,(H,28,32)(H,29,31)(H,30,33)/b27-15-. The van der Waals surface area contributed by atoms with Crippen molar-refractivity contribution in [2.24, 2.45) is 5.10 Å². The largest absolute Gasteiger partial charge is 0.483 e. The third kappa shape index (κ3) is 6.77. The maximum absolute atomic E-state index is 12.4. The van der Waals surface area contributed by atoms with Crippen LogP contribution in [0.1, 0.15) is 22.3 Å². The van der Waals surface area contributed by atoms with Gasteiger partial charge in [0.1, 0.15) is 5.75 Å². The fourth-order valence-electron chi connectivity index (χ4n) is 3.17. The van der Waals surface area contributed by atoms with Crippen molar-refractivity contribution in [1.29, 1.82) is 0 Å². The lowest BCUT2D eigenvalue weighted by Gasteiger charge is -2.13. The van der Waals surface area contributed by atoms with Crippen molar-refractivity contribution in [3.63, 3.8) is 0 Å². The van der Waals surface area contributed by atoms with Crippen LogP contribution in [0.2, 0.25) is 0 Å². The number of hydrazone groups is 1. The molecule has 3 N–H and O–H groups in total. The van der Waals surface area contributed by atoms with Gasteiger partial charge in [-0.3, -0.25) is 14.4 Å². The Bertz CT molecular complexity index is 1220. The molecule has 0 aromatic heterocycles. The lowest BCUT2D eigenvalue weighted by Crippen LogP contribution is -2.32. The highest BCUT2D eigenvalue weighted by Crippen LogP contribution is 2.20. The summed E-state index contributed by atoms with van der Waals surface area (Å²) < 4.78 is 5.65. The Balaban J connectivity index is 1.55. The van der Waals surface area contributed by atoms with Crippen LogP contribution < -0.4 is 20.8 Å². The number of anilines is 2. The average molecular weight is 459 g/mol. The van der Waals surface area contributed by atoms with Gasteiger partial charge in [-0.2, -0.15) is 5.10 Å².